The van der Waals surface area contributed by atoms with Gasteiger partial charge >= 0.3 is 0 Å². The molecule has 3 nitrogen and oxygen atoms in total. The third-order valence-corrected chi connectivity index (χ3v) is 3.65. The number of likely N-dealkylation sites (N-methyl/N-ethyl adjacent to an activating group) is 2. The van der Waals surface area contributed by atoms with E-state index in [1.165, 1.54) is 5.56 Å². The SMILES string of the molecule is CNCC(=O)N(C)C(Cc1ccccc1)c1ccccc1. The molecule has 0 saturated carbocycles. The Labute approximate surface area is 126 Å². The fraction of sp³-hybridized carbons (Fsp3) is 0.278. The number of amides is 1. The molecule has 0 radical (unpaired) electrons. The fourth-order valence-electron chi connectivity index (χ4n) is 2.44. The fourth-order valence-corrected chi connectivity index (χ4v) is 2.44. The van der Waals surface area contributed by atoms with E-state index in [1.54, 1.807) is 7.05 Å². The van der Waals surface area contributed by atoms with Crippen LogP contribution in [-0.4, -0.2) is 31.4 Å². The molecule has 2 rings (SSSR count). The van der Waals surface area contributed by atoms with Crippen LogP contribution in [0.4, 0.5) is 0 Å². The minimum atomic E-state index is 0.0504. The van der Waals surface area contributed by atoms with Crippen LogP contribution >= 0.6 is 0 Å². The maximum atomic E-state index is 12.2. The molecule has 2 aromatic carbocycles. The smallest absolute Gasteiger partial charge is 0.236 e. The summed E-state index contributed by atoms with van der Waals surface area (Å²) in [5.41, 5.74) is 2.39. The second kappa shape index (κ2) is 7.60. The topological polar surface area (TPSA) is 32.3 Å². The molecular weight excluding hydrogens is 260 g/mol. The summed E-state index contributed by atoms with van der Waals surface area (Å²) in [4.78, 5) is 14.0. The van der Waals surface area contributed by atoms with Crippen LogP contribution in [0.3, 0.4) is 0 Å². The Hall–Kier alpha value is -2.13. The molecule has 0 heterocycles. The molecule has 0 aliphatic carbocycles. The number of hydrogen-bond donors (Lipinski definition) is 1. The lowest BCUT2D eigenvalue weighted by Crippen LogP contribution is -2.37. The van der Waals surface area contributed by atoms with Crippen molar-refractivity contribution >= 4 is 5.91 Å². The van der Waals surface area contributed by atoms with Crippen LogP contribution in [0.25, 0.3) is 0 Å². The third-order valence-electron chi connectivity index (χ3n) is 3.65. The molecule has 2 aromatic rings. The molecule has 0 bridgehead atoms. The summed E-state index contributed by atoms with van der Waals surface area (Å²) in [6, 6.07) is 20.5. The van der Waals surface area contributed by atoms with Crippen LogP contribution in [0, 0.1) is 0 Å². The zero-order valence-electron chi connectivity index (χ0n) is 12.6. The molecule has 0 aromatic heterocycles. The summed E-state index contributed by atoms with van der Waals surface area (Å²) in [7, 11) is 3.67. The van der Waals surface area contributed by atoms with Crippen molar-refractivity contribution in [1.82, 2.24) is 10.2 Å². The lowest BCUT2D eigenvalue weighted by Gasteiger charge is -2.29. The van der Waals surface area contributed by atoms with E-state index < -0.39 is 0 Å². The summed E-state index contributed by atoms with van der Waals surface area (Å²) in [5, 5.41) is 2.93. The molecule has 110 valence electrons. The number of rotatable bonds is 6. The van der Waals surface area contributed by atoms with Crippen molar-refractivity contribution in [3.05, 3.63) is 71.8 Å². The normalized spacial score (nSPS) is 11.9. The first-order valence-corrected chi connectivity index (χ1v) is 7.21. The van der Waals surface area contributed by atoms with Gasteiger partial charge in [0.15, 0.2) is 0 Å². The van der Waals surface area contributed by atoms with E-state index in [0.29, 0.717) is 6.54 Å². The minimum Gasteiger partial charge on any atom is -0.337 e. The molecule has 3 heteroatoms. The van der Waals surface area contributed by atoms with Gasteiger partial charge < -0.3 is 10.2 Å². The maximum Gasteiger partial charge on any atom is 0.236 e. The summed E-state index contributed by atoms with van der Waals surface area (Å²) in [5.74, 6) is 0.0993. The lowest BCUT2D eigenvalue weighted by atomic mass is 9.97. The number of benzene rings is 2. The van der Waals surface area contributed by atoms with E-state index in [-0.39, 0.29) is 11.9 Å². The summed E-state index contributed by atoms with van der Waals surface area (Å²) < 4.78 is 0. The zero-order valence-corrected chi connectivity index (χ0v) is 12.6. The lowest BCUT2D eigenvalue weighted by molar-refractivity contribution is -0.131. The van der Waals surface area contributed by atoms with Crippen LogP contribution in [-0.2, 0) is 11.2 Å². The number of hydrogen-bond acceptors (Lipinski definition) is 2. The van der Waals surface area contributed by atoms with Crippen molar-refractivity contribution in [2.24, 2.45) is 0 Å². The Kier molecular flexibility index (Phi) is 5.52. The standard InChI is InChI=1S/C18H22N2O/c1-19-14-18(21)20(2)17(16-11-7-4-8-12-16)13-15-9-5-3-6-10-15/h3-12,17,19H,13-14H2,1-2H3. The summed E-state index contributed by atoms with van der Waals surface area (Å²) in [6.07, 6.45) is 0.816. The Morgan fingerprint density at radius 3 is 2.19 bits per heavy atom. The number of nitrogens with zero attached hydrogens (tertiary/aromatic N) is 1. The highest BCUT2D eigenvalue weighted by Crippen LogP contribution is 2.24. The first-order valence-electron chi connectivity index (χ1n) is 7.21. The van der Waals surface area contributed by atoms with Gasteiger partial charge in [-0.1, -0.05) is 60.7 Å². The van der Waals surface area contributed by atoms with Crippen molar-refractivity contribution in [3.8, 4) is 0 Å². The highest BCUT2D eigenvalue weighted by Gasteiger charge is 2.21. The van der Waals surface area contributed by atoms with E-state index in [0.717, 1.165) is 12.0 Å². The van der Waals surface area contributed by atoms with Crippen molar-refractivity contribution in [1.29, 1.82) is 0 Å². The quantitative estimate of drug-likeness (QED) is 0.883. The van der Waals surface area contributed by atoms with Gasteiger partial charge in [0.2, 0.25) is 5.91 Å². The number of carbonyl (C=O) groups is 1. The largest absolute Gasteiger partial charge is 0.337 e. The molecule has 1 N–H and O–H groups in total. The van der Waals surface area contributed by atoms with Gasteiger partial charge in [0.05, 0.1) is 12.6 Å². The first kappa shape index (κ1) is 15.3. The Morgan fingerprint density at radius 2 is 1.62 bits per heavy atom. The molecule has 1 amide bonds. The van der Waals surface area contributed by atoms with Gasteiger partial charge in [-0.15, -0.1) is 0 Å². The second-order valence-electron chi connectivity index (χ2n) is 5.15. The van der Waals surface area contributed by atoms with Gasteiger partial charge in [-0.3, -0.25) is 4.79 Å². The predicted octanol–water partition coefficient (Wildman–Crippen LogP) is 2.65. The van der Waals surface area contributed by atoms with Crippen molar-refractivity contribution in [2.75, 3.05) is 20.6 Å². The number of nitrogens with one attached hydrogen (secondary N) is 1. The van der Waals surface area contributed by atoms with Crippen LogP contribution in [0.2, 0.25) is 0 Å². The van der Waals surface area contributed by atoms with Crippen molar-refractivity contribution in [3.63, 3.8) is 0 Å². The molecule has 0 fully saturated rings. The minimum absolute atomic E-state index is 0.0504. The molecule has 0 aliphatic rings. The van der Waals surface area contributed by atoms with E-state index in [9.17, 15) is 4.79 Å². The number of carbonyl (C=O) groups excluding carboxylic acids is 1. The summed E-state index contributed by atoms with van der Waals surface area (Å²) in [6.45, 7) is 0.356. The molecular formula is C18H22N2O. The van der Waals surface area contributed by atoms with Gasteiger partial charge in [0.25, 0.3) is 0 Å². The summed E-state index contributed by atoms with van der Waals surface area (Å²) >= 11 is 0. The third kappa shape index (κ3) is 4.17. The molecule has 0 aliphatic heterocycles. The van der Waals surface area contributed by atoms with Crippen molar-refractivity contribution < 1.29 is 4.79 Å². The zero-order chi connectivity index (χ0) is 15.1. The molecule has 0 saturated heterocycles. The van der Waals surface area contributed by atoms with Gasteiger partial charge in [0.1, 0.15) is 0 Å². The monoisotopic (exact) mass is 282 g/mol. The Morgan fingerprint density at radius 1 is 1.05 bits per heavy atom. The van der Waals surface area contributed by atoms with Crippen LogP contribution in [0.5, 0.6) is 0 Å². The highest BCUT2D eigenvalue weighted by atomic mass is 16.2. The van der Waals surface area contributed by atoms with Crippen LogP contribution in [0.15, 0.2) is 60.7 Å². The van der Waals surface area contributed by atoms with E-state index >= 15 is 0 Å². The van der Waals surface area contributed by atoms with Crippen molar-refractivity contribution in [2.45, 2.75) is 12.5 Å². The Balaban J connectivity index is 2.24. The average molecular weight is 282 g/mol. The molecule has 1 atom stereocenters. The van der Waals surface area contributed by atoms with E-state index in [1.807, 2.05) is 48.3 Å². The van der Waals surface area contributed by atoms with Gasteiger partial charge in [-0.25, -0.2) is 0 Å². The first-order chi connectivity index (χ1) is 10.2. The molecule has 21 heavy (non-hydrogen) atoms. The van der Waals surface area contributed by atoms with Gasteiger partial charge in [-0.2, -0.15) is 0 Å². The second-order valence-corrected chi connectivity index (χ2v) is 5.15. The van der Waals surface area contributed by atoms with Gasteiger partial charge in [0, 0.05) is 7.05 Å². The average Bonchev–Trinajstić information content (AvgIpc) is 2.54. The highest BCUT2D eigenvalue weighted by molar-refractivity contribution is 5.78. The van der Waals surface area contributed by atoms with E-state index in [4.69, 9.17) is 0 Å². The Bertz CT molecular complexity index is 554. The predicted molar refractivity (Wildman–Crippen MR) is 86.0 cm³/mol. The van der Waals surface area contributed by atoms with E-state index in [2.05, 4.69) is 29.6 Å². The molecule has 1 unspecified atom stereocenters. The maximum absolute atomic E-state index is 12.2. The molecule has 0 spiro atoms. The van der Waals surface area contributed by atoms with Crippen LogP contribution in [0.1, 0.15) is 17.2 Å². The van der Waals surface area contributed by atoms with Crippen LogP contribution < -0.4 is 5.32 Å². The van der Waals surface area contributed by atoms with Gasteiger partial charge in [-0.05, 0) is 24.6 Å².